The topological polar surface area (TPSA) is 17.1 Å². The van der Waals surface area contributed by atoms with Gasteiger partial charge in [0.25, 0.3) is 0 Å². The molecule has 6 heteroatoms. The Balaban J connectivity index is 2.03. The summed E-state index contributed by atoms with van der Waals surface area (Å²) in [5.74, 6) is -0.192. The van der Waals surface area contributed by atoms with Crippen LogP contribution in [0.5, 0.6) is 0 Å². The first kappa shape index (κ1) is 21.2. The van der Waals surface area contributed by atoms with Gasteiger partial charge in [0.15, 0.2) is 5.78 Å². The van der Waals surface area contributed by atoms with E-state index in [1.807, 2.05) is 24.3 Å². The van der Waals surface area contributed by atoms with Crippen molar-refractivity contribution in [3.8, 4) is 0 Å². The van der Waals surface area contributed by atoms with Crippen molar-refractivity contribution in [3.05, 3.63) is 108 Å². The molecule has 0 fully saturated rings. The molecule has 3 aromatic rings. The lowest BCUT2D eigenvalue weighted by molar-refractivity contribution is 0.103. The maximum Gasteiger partial charge on any atom is 0.190 e. The van der Waals surface area contributed by atoms with Crippen LogP contribution in [0.1, 0.15) is 21.5 Å². The Bertz CT molecular complexity index is 1060. The predicted octanol–water partition coefficient (Wildman–Crippen LogP) is 8.46. The van der Waals surface area contributed by atoms with Gasteiger partial charge >= 0.3 is 0 Å². The number of allylic oxidation sites excluding steroid dienone is 1. The molecule has 0 atom stereocenters. The number of rotatable bonds is 5. The third-order valence-corrected chi connectivity index (χ3v) is 5.60. The molecular weight excluding hydrogens is 458 g/mol. The number of carbonyl (C=O) groups excluding carboxylic acids is 1. The van der Waals surface area contributed by atoms with E-state index in [-0.39, 0.29) is 5.78 Å². The molecular formula is C22H13Cl5O. The van der Waals surface area contributed by atoms with Crippen LogP contribution in [0.15, 0.2) is 66.2 Å². The number of carbonyl (C=O) groups is 1. The molecule has 0 radical (unpaired) electrons. The highest BCUT2D eigenvalue weighted by Gasteiger charge is 2.17. The minimum Gasteiger partial charge on any atom is -0.289 e. The Labute approximate surface area is 188 Å². The van der Waals surface area contributed by atoms with Crippen LogP contribution in [0.2, 0.25) is 25.1 Å². The minimum atomic E-state index is -0.192. The summed E-state index contributed by atoms with van der Waals surface area (Å²) >= 11 is 30.3. The molecule has 0 amide bonds. The van der Waals surface area contributed by atoms with E-state index in [1.165, 1.54) is 0 Å². The molecule has 1 nitrogen and oxygen atoms in total. The number of halogens is 5. The number of hydrogen-bond donors (Lipinski definition) is 0. The monoisotopic (exact) mass is 468 g/mol. The fourth-order valence-corrected chi connectivity index (χ4v) is 3.61. The van der Waals surface area contributed by atoms with Gasteiger partial charge < -0.3 is 0 Å². The van der Waals surface area contributed by atoms with Gasteiger partial charge in [0, 0.05) is 27.6 Å². The summed E-state index contributed by atoms with van der Waals surface area (Å²) in [5.41, 5.74) is 2.63. The second-order valence-electron chi connectivity index (χ2n) is 6.10. The molecule has 0 aliphatic rings. The molecule has 3 rings (SSSR count). The zero-order valence-electron chi connectivity index (χ0n) is 14.4. The van der Waals surface area contributed by atoms with Gasteiger partial charge in [0.05, 0.1) is 15.1 Å². The summed E-state index contributed by atoms with van der Waals surface area (Å²) in [6.07, 6.45) is 2.17. The molecule has 0 spiro atoms. The molecule has 3 aromatic carbocycles. The molecule has 142 valence electrons. The molecule has 0 saturated heterocycles. The number of benzene rings is 3. The second kappa shape index (κ2) is 9.35. The van der Waals surface area contributed by atoms with Gasteiger partial charge in [0.2, 0.25) is 0 Å². The van der Waals surface area contributed by atoms with Gasteiger partial charge in [-0.3, -0.25) is 4.79 Å². The van der Waals surface area contributed by atoms with Gasteiger partial charge in [0.1, 0.15) is 0 Å². The zero-order valence-corrected chi connectivity index (χ0v) is 18.1. The smallest absolute Gasteiger partial charge is 0.190 e. The van der Waals surface area contributed by atoms with Gasteiger partial charge in [-0.15, -0.1) is 0 Å². The van der Waals surface area contributed by atoms with Crippen LogP contribution in [-0.2, 0) is 6.42 Å². The van der Waals surface area contributed by atoms with Gasteiger partial charge in [-0.2, -0.15) is 0 Å². The molecule has 0 aliphatic carbocycles. The highest BCUT2D eigenvalue weighted by atomic mass is 35.5. The molecule has 0 saturated carbocycles. The van der Waals surface area contributed by atoms with Gasteiger partial charge in [-0.1, -0.05) is 76.2 Å². The number of ketones is 1. The van der Waals surface area contributed by atoms with E-state index in [1.54, 1.807) is 42.5 Å². The van der Waals surface area contributed by atoms with Crippen molar-refractivity contribution in [2.24, 2.45) is 0 Å². The van der Waals surface area contributed by atoms with Crippen molar-refractivity contribution in [1.82, 2.24) is 0 Å². The SMILES string of the molecule is O=C(/C(=C/c1ccc(Cl)cc1)Cc1ccc(Cl)c(Cl)c1)c1ccc(Cl)cc1Cl. The fourth-order valence-electron chi connectivity index (χ4n) is 2.67. The molecule has 0 aliphatic heterocycles. The van der Waals surface area contributed by atoms with Crippen molar-refractivity contribution in [2.75, 3.05) is 0 Å². The summed E-state index contributed by atoms with van der Waals surface area (Å²) in [7, 11) is 0. The molecule has 0 N–H and O–H groups in total. The molecule has 0 aromatic heterocycles. The highest BCUT2D eigenvalue weighted by molar-refractivity contribution is 6.42. The molecule has 0 heterocycles. The largest absolute Gasteiger partial charge is 0.289 e. The fraction of sp³-hybridized carbons (Fsp3) is 0.0455. The first-order chi connectivity index (χ1) is 13.3. The Morgan fingerprint density at radius 1 is 0.714 bits per heavy atom. The standard InChI is InChI=1S/C22H13Cl5O/c23-16-4-1-13(2-5-16)9-15(10-14-3-8-19(25)21(27)11-14)22(28)18-7-6-17(24)12-20(18)26/h1-9,11-12H,10H2/b15-9+. The average Bonchev–Trinajstić information content (AvgIpc) is 2.65. The van der Waals surface area contributed by atoms with Crippen molar-refractivity contribution in [3.63, 3.8) is 0 Å². The maximum atomic E-state index is 13.2. The van der Waals surface area contributed by atoms with Crippen molar-refractivity contribution in [2.45, 2.75) is 6.42 Å². The van der Waals surface area contributed by atoms with Crippen LogP contribution in [0.25, 0.3) is 6.08 Å². The number of hydrogen-bond acceptors (Lipinski definition) is 1. The highest BCUT2D eigenvalue weighted by Crippen LogP contribution is 2.28. The predicted molar refractivity (Wildman–Crippen MR) is 120 cm³/mol. The Kier molecular flexibility index (Phi) is 7.09. The Morgan fingerprint density at radius 3 is 2.04 bits per heavy atom. The molecule has 0 bridgehead atoms. The lowest BCUT2D eigenvalue weighted by atomic mass is 9.95. The van der Waals surface area contributed by atoms with Crippen LogP contribution < -0.4 is 0 Å². The lowest BCUT2D eigenvalue weighted by Crippen LogP contribution is -2.07. The minimum absolute atomic E-state index is 0.192. The third kappa shape index (κ3) is 5.31. The normalized spacial score (nSPS) is 11.5. The summed E-state index contributed by atoms with van der Waals surface area (Å²) in [5, 5.41) is 2.28. The summed E-state index contributed by atoms with van der Waals surface area (Å²) in [4.78, 5) is 13.2. The average molecular weight is 471 g/mol. The Hall–Kier alpha value is -1.48. The van der Waals surface area contributed by atoms with Crippen LogP contribution >= 0.6 is 58.0 Å². The maximum absolute atomic E-state index is 13.2. The first-order valence-electron chi connectivity index (χ1n) is 8.23. The molecule has 0 unspecified atom stereocenters. The van der Waals surface area contributed by atoms with Crippen LogP contribution in [-0.4, -0.2) is 5.78 Å². The van der Waals surface area contributed by atoms with Crippen molar-refractivity contribution in [1.29, 1.82) is 0 Å². The van der Waals surface area contributed by atoms with Crippen LogP contribution in [0.3, 0.4) is 0 Å². The second-order valence-corrected chi connectivity index (χ2v) is 8.19. The van der Waals surface area contributed by atoms with E-state index in [9.17, 15) is 4.79 Å². The van der Waals surface area contributed by atoms with E-state index in [0.29, 0.717) is 42.7 Å². The summed E-state index contributed by atoms with van der Waals surface area (Å²) in [6, 6.07) is 17.3. The lowest BCUT2D eigenvalue weighted by Gasteiger charge is -2.10. The van der Waals surface area contributed by atoms with Gasteiger partial charge in [-0.05, 0) is 59.7 Å². The summed E-state index contributed by atoms with van der Waals surface area (Å²) < 4.78 is 0. The van der Waals surface area contributed by atoms with Crippen LogP contribution in [0.4, 0.5) is 0 Å². The van der Waals surface area contributed by atoms with Gasteiger partial charge in [-0.25, -0.2) is 0 Å². The Morgan fingerprint density at radius 2 is 1.39 bits per heavy atom. The molecule has 28 heavy (non-hydrogen) atoms. The van der Waals surface area contributed by atoms with E-state index in [2.05, 4.69) is 0 Å². The van der Waals surface area contributed by atoms with E-state index in [0.717, 1.165) is 11.1 Å². The van der Waals surface area contributed by atoms with E-state index in [4.69, 9.17) is 58.0 Å². The third-order valence-electron chi connectivity index (χ3n) is 4.06. The quantitative estimate of drug-likeness (QED) is 0.270. The summed E-state index contributed by atoms with van der Waals surface area (Å²) in [6.45, 7) is 0. The van der Waals surface area contributed by atoms with Crippen LogP contribution in [0, 0.1) is 0 Å². The first-order valence-corrected chi connectivity index (χ1v) is 10.1. The zero-order chi connectivity index (χ0) is 20.3. The van der Waals surface area contributed by atoms with Crippen molar-refractivity contribution >= 4 is 69.9 Å². The van der Waals surface area contributed by atoms with E-state index < -0.39 is 0 Å². The number of Topliss-reactive ketones (excluding diaryl/α,β-unsaturated/α-hetero) is 1. The van der Waals surface area contributed by atoms with Crippen molar-refractivity contribution < 1.29 is 4.79 Å². The van der Waals surface area contributed by atoms with E-state index >= 15 is 0 Å².